The number of nitrogens with one attached hydrogen (secondary N) is 1. The van der Waals surface area contributed by atoms with Crippen molar-refractivity contribution in [3.8, 4) is 0 Å². The van der Waals surface area contributed by atoms with E-state index in [9.17, 15) is 0 Å². The fraction of sp³-hybridized carbons (Fsp3) is 0.333. The number of aliphatic imine (C=N–C) groups is 1. The fourth-order valence-electron chi connectivity index (χ4n) is 1.83. The van der Waals surface area contributed by atoms with Crippen LogP contribution in [0.4, 0.5) is 0 Å². The highest BCUT2D eigenvalue weighted by molar-refractivity contribution is 14.0. The number of benzene rings is 1. The van der Waals surface area contributed by atoms with Crippen molar-refractivity contribution in [1.82, 2.24) is 10.3 Å². The lowest BCUT2D eigenvalue weighted by molar-refractivity contribution is 0.622. The summed E-state index contributed by atoms with van der Waals surface area (Å²) in [4.78, 5) is 8.76. The van der Waals surface area contributed by atoms with Crippen LogP contribution in [0.15, 0.2) is 41.5 Å². The Kier molecular flexibility index (Phi) is 6.70. The van der Waals surface area contributed by atoms with Crippen molar-refractivity contribution >= 4 is 40.8 Å². The Hall–Kier alpha value is -1.37. The van der Waals surface area contributed by atoms with E-state index < -0.39 is 0 Å². The molecule has 0 saturated heterocycles. The molecule has 0 atom stereocenters. The number of nitrogens with zero attached hydrogens (tertiary/aromatic N) is 2. The molecule has 0 aliphatic carbocycles. The van der Waals surface area contributed by atoms with Gasteiger partial charge in [-0.25, -0.2) is 4.99 Å². The van der Waals surface area contributed by atoms with Gasteiger partial charge in [0.1, 0.15) is 0 Å². The van der Waals surface area contributed by atoms with Crippen LogP contribution in [0.5, 0.6) is 0 Å². The fourth-order valence-corrected chi connectivity index (χ4v) is 1.83. The molecule has 0 aliphatic rings. The zero-order valence-corrected chi connectivity index (χ0v) is 14.2. The van der Waals surface area contributed by atoms with Crippen molar-refractivity contribution < 1.29 is 0 Å². The van der Waals surface area contributed by atoms with Crippen LogP contribution in [0.25, 0.3) is 10.9 Å². The number of halogens is 1. The molecule has 0 unspecified atom stereocenters. The van der Waals surface area contributed by atoms with Crippen LogP contribution in [0, 0.1) is 5.92 Å². The molecule has 0 saturated carbocycles. The Labute approximate surface area is 136 Å². The highest BCUT2D eigenvalue weighted by Crippen LogP contribution is 2.16. The summed E-state index contributed by atoms with van der Waals surface area (Å²) in [6.07, 6.45) is 1.80. The van der Waals surface area contributed by atoms with Gasteiger partial charge in [-0.15, -0.1) is 24.0 Å². The van der Waals surface area contributed by atoms with Gasteiger partial charge in [-0.1, -0.05) is 38.1 Å². The molecule has 0 amide bonds. The van der Waals surface area contributed by atoms with Gasteiger partial charge in [-0.05, 0) is 17.5 Å². The van der Waals surface area contributed by atoms with Crippen molar-refractivity contribution in [2.45, 2.75) is 20.4 Å². The molecule has 0 aliphatic heterocycles. The van der Waals surface area contributed by atoms with E-state index >= 15 is 0 Å². The van der Waals surface area contributed by atoms with E-state index in [0.717, 1.165) is 23.0 Å². The van der Waals surface area contributed by atoms with Gasteiger partial charge in [-0.3, -0.25) is 4.98 Å². The second-order valence-corrected chi connectivity index (χ2v) is 4.97. The first-order valence-electron chi connectivity index (χ1n) is 6.53. The number of fused-ring (bicyclic) bond motifs is 1. The Morgan fingerprint density at radius 2 is 2.05 bits per heavy atom. The number of hydrogen-bond acceptors (Lipinski definition) is 2. The van der Waals surface area contributed by atoms with Gasteiger partial charge in [0.05, 0.1) is 12.1 Å². The maximum atomic E-state index is 5.83. The molecule has 2 aromatic rings. The van der Waals surface area contributed by atoms with E-state index in [1.807, 2.05) is 18.2 Å². The molecule has 5 heteroatoms. The van der Waals surface area contributed by atoms with Crippen molar-refractivity contribution in [3.05, 3.63) is 42.1 Å². The van der Waals surface area contributed by atoms with Crippen molar-refractivity contribution in [3.63, 3.8) is 0 Å². The van der Waals surface area contributed by atoms with E-state index in [-0.39, 0.29) is 24.0 Å². The maximum absolute atomic E-state index is 5.83. The molecule has 1 aromatic carbocycles. The van der Waals surface area contributed by atoms with Crippen LogP contribution >= 0.6 is 24.0 Å². The zero-order valence-electron chi connectivity index (χ0n) is 11.8. The smallest absolute Gasteiger partial charge is 0.188 e. The summed E-state index contributed by atoms with van der Waals surface area (Å²) >= 11 is 0. The molecule has 0 fully saturated rings. The number of pyridine rings is 1. The normalized spacial score (nSPS) is 11.4. The molecule has 1 heterocycles. The minimum atomic E-state index is 0. The monoisotopic (exact) mass is 384 g/mol. The first-order valence-corrected chi connectivity index (χ1v) is 6.53. The second kappa shape index (κ2) is 8.04. The summed E-state index contributed by atoms with van der Waals surface area (Å²) in [5.41, 5.74) is 7.91. The highest BCUT2D eigenvalue weighted by Gasteiger charge is 2.01. The first kappa shape index (κ1) is 16.7. The summed E-state index contributed by atoms with van der Waals surface area (Å²) in [6.45, 7) is 5.65. The number of nitrogens with two attached hydrogens (primary N) is 1. The van der Waals surface area contributed by atoms with Gasteiger partial charge in [0.2, 0.25) is 0 Å². The summed E-state index contributed by atoms with van der Waals surface area (Å²) in [7, 11) is 0. The summed E-state index contributed by atoms with van der Waals surface area (Å²) in [6, 6.07) is 10.1. The molecule has 0 bridgehead atoms. The summed E-state index contributed by atoms with van der Waals surface area (Å²) < 4.78 is 0. The molecule has 20 heavy (non-hydrogen) atoms. The minimum absolute atomic E-state index is 0. The first-order chi connectivity index (χ1) is 9.16. The van der Waals surface area contributed by atoms with Crippen LogP contribution in [-0.4, -0.2) is 17.5 Å². The van der Waals surface area contributed by atoms with Crippen molar-refractivity contribution in [2.24, 2.45) is 16.6 Å². The van der Waals surface area contributed by atoms with Crippen LogP contribution < -0.4 is 11.1 Å². The molecule has 4 nitrogen and oxygen atoms in total. The Morgan fingerprint density at radius 1 is 1.30 bits per heavy atom. The average Bonchev–Trinajstić information content (AvgIpc) is 2.42. The summed E-state index contributed by atoms with van der Waals surface area (Å²) in [5, 5.41) is 4.24. The average molecular weight is 384 g/mol. The van der Waals surface area contributed by atoms with Crippen molar-refractivity contribution in [1.29, 1.82) is 0 Å². The highest BCUT2D eigenvalue weighted by atomic mass is 127. The van der Waals surface area contributed by atoms with Crippen molar-refractivity contribution in [2.75, 3.05) is 6.54 Å². The van der Waals surface area contributed by atoms with E-state index in [1.165, 1.54) is 0 Å². The molecule has 3 N–H and O–H groups in total. The number of aromatic nitrogens is 1. The molecule has 108 valence electrons. The number of para-hydroxylation sites is 1. The zero-order chi connectivity index (χ0) is 13.7. The largest absolute Gasteiger partial charge is 0.370 e. The van der Waals surface area contributed by atoms with Gasteiger partial charge < -0.3 is 11.1 Å². The van der Waals surface area contributed by atoms with Gasteiger partial charge in [0.25, 0.3) is 0 Å². The predicted octanol–water partition coefficient (Wildman–Crippen LogP) is 2.91. The number of rotatable bonds is 4. The minimum Gasteiger partial charge on any atom is -0.370 e. The quantitative estimate of drug-likeness (QED) is 0.484. The van der Waals surface area contributed by atoms with E-state index in [0.29, 0.717) is 18.4 Å². The standard InChI is InChI=1S/C15H20N4.HI/c1-11(2)9-18-15(16)19-10-13-6-3-5-12-7-4-8-17-14(12)13;/h3-8,11H,9-10H2,1-2H3,(H3,16,18,19);1H. The van der Waals surface area contributed by atoms with E-state index in [1.54, 1.807) is 6.20 Å². The lowest BCUT2D eigenvalue weighted by Gasteiger charge is -2.08. The lowest BCUT2D eigenvalue weighted by atomic mass is 10.1. The van der Waals surface area contributed by atoms with Gasteiger partial charge in [0, 0.05) is 18.1 Å². The van der Waals surface area contributed by atoms with Crippen LogP contribution in [0.1, 0.15) is 19.4 Å². The molecule has 0 spiro atoms. The topological polar surface area (TPSA) is 63.3 Å². The van der Waals surface area contributed by atoms with Gasteiger partial charge in [-0.2, -0.15) is 0 Å². The molecular formula is C15H21IN4. The third-order valence-electron chi connectivity index (χ3n) is 2.83. The van der Waals surface area contributed by atoms with Crippen LogP contribution in [-0.2, 0) is 6.54 Å². The van der Waals surface area contributed by atoms with E-state index in [4.69, 9.17) is 5.73 Å². The third kappa shape index (κ3) is 4.63. The van der Waals surface area contributed by atoms with Gasteiger partial charge >= 0.3 is 0 Å². The Morgan fingerprint density at radius 3 is 2.80 bits per heavy atom. The number of hydrogen-bond donors (Lipinski definition) is 2. The SMILES string of the molecule is CC(C)CNC(N)=NCc1cccc2cccnc12.I. The molecule has 0 radical (unpaired) electrons. The Bertz CT molecular complexity index is 576. The second-order valence-electron chi connectivity index (χ2n) is 4.97. The summed E-state index contributed by atoms with van der Waals surface area (Å²) in [5.74, 6) is 1.04. The van der Waals surface area contributed by atoms with Gasteiger partial charge in [0.15, 0.2) is 5.96 Å². The molecular weight excluding hydrogens is 363 g/mol. The van der Waals surface area contributed by atoms with Crippen LogP contribution in [0.2, 0.25) is 0 Å². The van der Waals surface area contributed by atoms with Crippen LogP contribution in [0.3, 0.4) is 0 Å². The lowest BCUT2D eigenvalue weighted by Crippen LogP contribution is -2.34. The number of guanidine groups is 1. The predicted molar refractivity (Wildman–Crippen MR) is 95.3 cm³/mol. The molecule has 1 aromatic heterocycles. The van der Waals surface area contributed by atoms with E-state index in [2.05, 4.69) is 41.3 Å². The third-order valence-corrected chi connectivity index (χ3v) is 2.83. The maximum Gasteiger partial charge on any atom is 0.188 e. The molecule has 2 rings (SSSR count). The Balaban J connectivity index is 0.00000200.